The topological polar surface area (TPSA) is 287 Å². The summed E-state index contributed by atoms with van der Waals surface area (Å²) in [6, 6.07) is 0. The lowest BCUT2D eigenvalue weighted by atomic mass is 9.46. The highest BCUT2D eigenvalue weighted by Gasteiger charge is 2.69. The van der Waals surface area contributed by atoms with E-state index in [1.54, 1.807) is 0 Å². The minimum absolute atomic E-state index is 0.0713. The number of hydrogen-bond acceptors (Lipinski definition) is 18. The molecule has 8 aliphatic rings. The smallest absolute Gasteiger partial charge is 0.187 e. The zero-order chi connectivity index (χ0) is 44.8. The van der Waals surface area contributed by atoms with Gasteiger partial charge in [0, 0.05) is 24.2 Å². The minimum atomic E-state index is -1.68. The SMILES string of the molecule is CC(CCC1(O)OC2CC3C4CC=C5CC(O)CC(OC6OCC(O)C(O)C6O)C5(C)C4CCC3(C)C2C1C)COC1OC(CO)C(O)C(O)C1OC1OC(C)C(O)C(O)C1O. The van der Waals surface area contributed by atoms with Gasteiger partial charge in [-0.1, -0.05) is 39.3 Å². The Hall–Kier alpha value is -0.980. The van der Waals surface area contributed by atoms with Gasteiger partial charge in [-0.25, -0.2) is 0 Å². The van der Waals surface area contributed by atoms with Gasteiger partial charge in [0.1, 0.15) is 61.0 Å². The van der Waals surface area contributed by atoms with Crippen molar-refractivity contribution >= 4 is 0 Å². The van der Waals surface area contributed by atoms with Gasteiger partial charge in [-0.05, 0) is 80.5 Å². The molecule has 7 fully saturated rings. The number of aliphatic hydroxyl groups is 11. The fourth-order valence-corrected chi connectivity index (χ4v) is 13.3. The number of aliphatic hydroxyl groups excluding tert-OH is 10. The highest BCUT2D eigenvalue weighted by molar-refractivity contribution is 5.28. The molecule has 356 valence electrons. The highest BCUT2D eigenvalue weighted by atomic mass is 16.8. The van der Waals surface area contributed by atoms with Crippen molar-refractivity contribution in [2.45, 2.75) is 196 Å². The molecule has 0 bridgehead atoms. The zero-order valence-electron chi connectivity index (χ0n) is 36.4. The van der Waals surface area contributed by atoms with E-state index in [2.05, 4.69) is 26.8 Å². The Morgan fingerprint density at radius 2 is 1.55 bits per heavy atom. The molecule has 0 spiro atoms. The van der Waals surface area contributed by atoms with Gasteiger partial charge in [-0.15, -0.1) is 0 Å². The van der Waals surface area contributed by atoms with E-state index in [1.807, 2.05) is 6.92 Å². The molecule has 0 aromatic rings. The quantitative estimate of drug-likeness (QED) is 0.108. The zero-order valence-corrected chi connectivity index (χ0v) is 36.4. The molecule has 26 atom stereocenters. The fraction of sp³-hybridized carbons (Fsp3) is 0.955. The molecule has 26 unspecified atom stereocenters. The Kier molecular flexibility index (Phi) is 13.7. The second-order valence-electron chi connectivity index (χ2n) is 20.7. The van der Waals surface area contributed by atoms with Crippen molar-refractivity contribution in [2.75, 3.05) is 19.8 Å². The molecule has 0 radical (unpaired) electrons. The van der Waals surface area contributed by atoms with Crippen LogP contribution in [-0.4, -0.2) is 186 Å². The van der Waals surface area contributed by atoms with Crippen LogP contribution in [0.4, 0.5) is 0 Å². The van der Waals surface area contributed by atoms with Crippen molar-refractivity contribution in [1.29, 1.82) is 0 Å². The maximum absolute atomic E-state index is 12.2. The first kappa shape index (κ1) is 47.5. The largest absolute Gasteiger partial charge is 0.394 e. The van der Waals surface area contributed by atoms with Crippen LogP contribution in [0.15, 0.2) is 11.6 Å². The average Bonchev–Trinajstić information content (AvgIpc) is 3.67. The maximum Gasteiger partial charge on any atom is 0.187 e. The van der Waals surface area contributed by atoms with E-state index in [0.29, 0.717) is 37.5 Å². The summed E-state index contributed by atoms with van der Waals surface area (Å²) in [5, 5.41) is 117. The monoisotopic (exact) mass is 888 g/mol. The molecule has 4 heterocycles. The second-order valence-corrected chi connectivity index (χ2v) is 20.7. The van der Waals surface area contributed by atoms with E-state index in [4.69, 9.17) is 33.2 Å². The minimum Gasteiger partial charge on any atom is -0.394 e. The van der Waals surface area contributed by atoms with Crippen LogP contribution in [0.2, 0.25) is 0 Å². The lowest BCUT2D eigenvalue weighted by molar-refractivity contribution is -0.365. The molecular formula is C44H72O18. The molecule has 4 aliphatic heterocycles. The summed E-state index contributed by atoms with van der Waals surface area (Å²) >= 11 is 0. The van der Waals surface area contributed by atoms with Gasteiger partial charge in [0.2, 0.25) is 0 Å². The van der Waals surface area contributed by atoms with Gasteiger partial charge in [0.25, 0.3) is 0 Å². The van der Waals surface area contributed by atoms with Crippen LogP contribution >= 0.6 is 0 Å². The molecule has 4 aliphatic carbocycles. The number of hydrogen-bond donors (Lipinski definition) is 11. The Bertz CT molecular complexity index is 1590. The standard InChI is InChI=1S/C44H72O18/c1-18(16-56-41-38(35(52)33(50)28(15-45)59-41)61-40-37(54)34(51)31(48)20(3)58-40)8-11-44(55)19(2)30-27(62-44)14-25-23-7-6-21-12-22(46)13-29(43(21,5)24(23)9-10-42(25,30)4)60-39-36(53)32(49)26(47)17-57-39/h6,18-20,22-41,45-55H,7-17H2,1-5H3. The molecular weight excluding hydrogens is 816 g/mol. The Labute approximate surface area is 362 Å². The third-order valence-electron chi connectivity index (χ3n) is 17.1. The highest BCUT2D eigenvalue weighted by Crippen LogP contribution is 2.70. The molecule has 0 amide bonds. The van der Waals surface area contributed by atoms with Crippen molar-refractivity contribution in [2.24, 2.45) is 46.3 Å². The molecule has 18 nitrogen and oxygen atoms in total. The van der Waals surface area contributed by atoms with Crippen molar-refractivity contribution in [3.8, 4) is 0 Å². The number of ether oxygens (including phenoxy) is 7. The fourth-order valence-electron chi connectivity index (χ4n) is 13.3. The second kappa shape index (κ2) is 17.9. The summed E-state index contributed by atoms with van der Waals surface area (Å²) in [4.78, 5) is 0. The van der Waals surface area contributed by atoms with Crippen molar-refractivity contribution in [1.82, 2.24) is 0 Å². The maximum atomic E-state index is 12.2. The Morgan fingerprint density at radius 1 is 0.823 bits per heavy atom. The first-order valence-electron chi connectivity index (χ1n) is 22.9. The van der Waals surface area contributed by atoms with Crippen LogP contribution in [0.5, 0.6) is 0 Å². The van der Waals surface area contributed by atoms with Gasteiger partial charge in [0.05, 0.1) is 44.2 Å². The number of allylic oxidation sites excluding steroid dienone is 1. The van der Waals surface area contributed by atoms with Gasteiger partial charge in [0.15, 0.2) is 24.7 Å². The third kappa shape index (κ3) is 8.06. The number of rotatable bonds is 11. The lowest BCUT2D eigenvalue weighted by Crippen LogP contribution is -2.64. The summed E-state index contributed by atoms with van der Waals surface area (Å²) in [5.74, 6) is -0.781. The molecule has 18 heteroatoms. The van der Waals surface area contributed by atoms with Crippen LogP contribution in [0.3, 0.4) is 0 Å². The summed E-state index contributed by atoms with van der Waals surface area (Å²) in [6.45, 7) is 9.35. The van der Waals surface area contributed by atoms with Gasteiger partial charge < -0.3 is 89.3 Å². The first-order chi connectivity index (χ1) is 29.2. The molecule has 62 heavy (non-hydrogen) atoms. The van der Waals surface area contributed by atoms with Crippen molar-refractivity contribution in [3.05, 3.63) is 11.6 Å². The molecule has 0 aromatic carbocycles. The van der Waals surface area contributed by atoms with Gasteiger partial charge in [-0.2, -0.15) is 0 Å². The molecule has 4 saturated heterocycles. The van der Waals surface area contributed by atoms with E-state index in [-0.39, 0.29) is 48.4 Å². The predicted molar refractivity (Wildman–Crippen MR) is 213 cm³/mol. The Balaban J connectivity index is 0.899. The normalized spacial score (nSPS) is 55.7. The third-order valence-corrected chi connectivity index (χ3v) is 17.1. The van der Waals surface area contributed by atoms with Gasteiger partial charge in [-0.3, -0.25) is 0 Å². The molecule has 0 aromatic heterocycles. The van der Waals surface area contributed by atoms with E-state index in [0.717, 1.165) is 31.3 Å². The van der Waals surface area contributed by atoms with Crippen LogP contribution in [-0.2, 0) is 33.2 Å². The predicted octanol–water partition coefficient (Wildman–Crippen LogP) is -1.22. The first-order valence-corrected chi connectivity index (χ1v) is 22.9. The average molecular weight is 889 g/mol. The molecule has 3 saturated carbocycles. The van der Waals surface area contributed by atoms with Crippen LogP contribution in [0.1, 0.15) is 86.0 Å². The summed E-state index contributed by atoms with van der Waals surface area (Å²) in [6.07, 6.45) is -13.1. The van der Waals surface area contributed by atoms with E-state index in [1.165, 1.54) is 6.92 Å². The summed E-state index contributed by atoms with van der Waals surface area (Å²) in [5.41, 5.74) is 0.598. The van der Waals surface area contributed by atoms with Crippen LogP contribution in [0.25, 0.3) is 0 Å². The lowest BCUT2D eigenvalue weighted by Gasteiger charge is -2.60. The number of fused-ring (bicyclic) bond motifs is 7. The summed E-state index contributed by atoms with van der Waals surface area (Å²) < 4.78 is 42.2. The van der Waals surface area contributed by atoms with E-state index >= 15 is 0 Å². The van der Waals surface area contributed by atoms with E-state index < -0.39 is 116 Å². The van der Waals surface area contributed by atoms with Crippen LogP contribution in [0, 0.1) is 46.3 Å². The van der Waals surface area contributed by atoms with Crippen molar-refractivity contribution in [3.63, 3.8) is 0 Å². The molecule has 11 N–H and O–H groups in total. The van der Waals surface area contributed by atoms with Crippen molar-refractivity contribution < 1.29 is 89.3 Å². The van der Waals surface area contributed by atoms with Crippen LogP contribution < -0.4 is 0 Å². The Morgan fingerprint density at radius 3 is 2.27 bits per heavy atom. The van der Waals surface area contributed by atoms with Gasteiger partial charge >= 0.3 is 0 Å². The molecule has 8 rings (SSSR count). The summed E-state index contributed by atoms with van der Waals surface area (Å²) in [7, 11) is 0. The van der Waals surface area contributed by atoms with E-state index in [9.17, 15) is 56.2 Å².